The second-order valence-electron chi connectivity index (χ2n) is 10.1. The van der Waals surface area contributed by atoms with Crippen molar-refractivity contribution in [1.82, 2.24) is 9.96 Å². The first-order valence-electron chi connectivity index (χ1n) is 11.3. The highest BCUT2D eigenvalue weighted by Crippen LogP contribution is 2.38. The molecule has 0 spiro atoms. The van der Waals surface area contributed by atoms with Gasteiger partial charge >= 0.3 is 5.97 Å². The maximum Gasteiger partial charge on any atom is 0.348 e. The average Bonchev–Trinajstić information content (AvgIpc) is 3.05. The van der Waals surface area contributed by atoms with Crippen molar-refractivity contribution >= 4 is 23.5 Å². The summed E-state index contributed by atoms with van der Waals surface area (Å²) in [5.74, 6) is -1.71. The lowest BCUT2D eigenvalue weighted by atomic mass is 9.81. The van der Waals surface area contributed by atoms with Gasteiger partial charge in [0.05, 0.1) is 27.9 Å². The fraction of sp³-hybridized carbons (Fsp3) is 0.385. The van der Waals surface area contributed by atoms with Gasteiger partial charge in [0.1, 0.15) is 6.04 Å². The van der Waals surface area contributed by atoms with E-state index in [0.717, 1.165) is 10.5 Å². The lowest BCUT2D eigenvalue weighted by Gasteiger charge is -2.50. The molecular weight excluding hydrogens is 434 g/mol. The predicted octanol–water partition coefficient (Wildman–Crippen LogP) is 3.84. The minimum Gasteiger partial charge on any atom is -0.411 e. The summed E-state index contributed by atoms with van der Waals surface area (Å²) in [6.07, 6.45) is 0.927. The molecule has 8 heteroatoms. The molecule has 1 atom stereocenters. The van der Waals surface area contributed by atoms with E-state index in [1.54, 1.807) is 29.3 Å². The molecule has 2 aliphatic rings. The molecule has 1 N–H and O–H groups in total. The third kappa shape index (κ3) is 4.21. The minimum atomic E-state index is -1.14. The van der Waals surface area contributed by atoms with Gasteiger partial charge < -0.3 is 10.0 Å². The lowest BCUT2D eigenvalue weighted by molar-refractivity contribution is -0.258. The number of imide groups is 1. The minimum absolute atomic E-state index is 0.128. The largest absolute Gasteiger partial charge is 0.411 e. The Kier molecular flexibility index (Phi) is 6.03. The highest BCUT2D eigenvalue weighted by molar-refractivity contribution is 6.22. The molecule has 0 bridgehead atoms. The quantitative estimate of drug-likeness (QED) is 0.411. The number of fused-ring (bicyclic) bond motifs is 1. The second kappa shape index (κ2) is 8.68. The standard InChI is InChI=1S/C26H29N3O5/c1-25(2)15-18(27-33)16-26(3,4)29(25)34-24(32)21(14-17-10-6-5-7-11-17)28-22(30)19-12-8-9-13-20(19)23(28)31/h5-13,21,33H,14-16H2,1-4H3/t21-/m0/s1. The van der Waals surface area contributed by atoms with Crippen LogP contribution in [0.15, 0.2) is 59.8 Å². The SMILES string of the molecule is CC1(C)CC(=NO)CC(C)(C)N1OC(=O)[C@H](Cc1ccccc1)N1C(=O)c2ccccc2C1=O. The van der Waals surface area contributed by atoms with Crippen molar-refractivity contribution in [3.05, 3.63) is 71.3 Å². The number of nitrogens with zero attached hydrogens (tertiary/aromatic N) is 3. The number of hydrogen-bond donors (Lipinski definition) is 1. The summed E-state index contributed by atoms with van der Waals surface area (Å²) in [5, 5.41) is 14.3. The lowest BCUT2D eigenvalue weighted by Crippen LogP contribution is -2.62. The number of carbonyl (C=O) groups is 3. The molecule has 2 heterocycles. The Morgan fingerprint density at radius 3 is 1.94 bits per heavy atom. The smallest absolute Gasteiger partial charge is 0.348 e. The zero-order chi connectivity index (χ0) is 24.7. The van der Waals surface area contributed by atoms with Gasteiger partial charge in [-0.05, 0) is 45.4 Å². The van der Waals surface area contributed by atoms with E-state index in [9.17, 15) is 19.6 Å². The van der Waals surface area contributed by atoms with Gasteiger partial charge in [0.2, 0.25) is 0 Å². The summed E-state index contributed by atoms with van der Waals surface area (Å²) < 4.78 is 0. The van der Waals surface area contributed by atoms with Gasteiger partial charge in [-0.15, -0.1) is 5.06 Å². The molecule has 0 aliphatic carbocycles. The summed E-state index contributed by atoms with van der Waals surface area (Å²) in [6, 6.07) is 14.6. The van der Waals surface area contributed by atoms with Crippen LogP contribution in [0.4, 0.5) is 0 Å². The number of hydroxylamine groups is 2. The molecule has 34 heavy (non-hydrogen) atoms. The van der Waals surface area contributed by atoms with Crippen LogP contribution in [0.2, 0.25) is 0 Å². The topological polar surface area (TPSA) is 99.5 Å². The molecule has 2 aromatic carbocycles. The number of benzene rings is 2. The van der Waals surface area contributed by atoms with E-state index < -0.39 is 34.9 Å². The van der Waals surface area contributed by atoms with Crippen molar-refractivity contribution in [1.29, 1.82) is 0 Å². The molecule has 178 valence electrons. The van der Waals surface area contributed by atoms with E-state index in [1.165, 1.54) is 0 Å². The maximum absolute atomic E-state index is 13.7. The van der Waals surface area contributed by atoms with Crippen molar-refractivity contribution in [2.45, 2.75) is 64.1 Å². The van der Waals surface area contributed by atoms with Crippen molar-refractivity contribution in [3.63, 3.8) is 0 Å². The summed E-state index contributed by atoms with van der Waals surface area (Å²) >= 11 is 0. The Hall–Kier alpha value is -3.52. The summed E-state index contributed by atoms with van der Waals surface area (Å²) in [7, 11) is 0. The van der Waals surface area contributed by atoms with E-state index in [1.807, 2.05) is 58.0 Å². The first kappa shape index (κ1) is 23.6. The van der Waals surface area contributed by atoms with Gasteiger partial charge in [0.15, 0.2) is 0 Å². The molecule has 1 saturated heterocycles. The van der Waals surface area contributed by atoms with Crippen molar-refractivity contribution < 1.29 is 24.4 Å². The molecule has 0 saturated carbocycles. The molecule has 2 amide bonds. The highest BCUT2D eigenvalue weighted by atomic mass is 16.7. The molecule has 2 aromatic rings. The van der Waals surface area contributed by atoms with E-state index >= 15 is 0 Å². The van der Waals surface area contributed by atoms with Crippen LogP contribution in [0.5, 0.6) is 0 Å². The zero-order valence-electron chi connectivity index (χ0n) is 19.8. The molecule has 0 unspecified atom stereocenters. The predicted molar refractivity (Wildman–Crippen MR) is 125 cm³/mol. The van der Waals surface area contributed by atoms with Crippen molar-refractivity contribution in [2.75, 3.05) is 0 Å². The summed E-state index contributed by atoms with van der Waals surface area (Å²) in [4.78, 5) is 47.1. The van der Waals surface area contributed by atoms with E-state index in [0.29, 0.717) is 18.6 Å². The van der Waals surface area contributed by atoms with Gasteiger partial charge in [-0.25, -0.2) is 4.79 Å². The Morgan fingerprint density at radius 1 is 0.941 bits per heavy atom. The van der Waals surface area contributed by atoms with E-state index in [2.05, 4.69) is 5.16 Å². The van der Waals surface area contributed by atoms with Crippen LogP contribution in [0.3, 0.4) is 0 Å². The Balaban J connectivity index is 1.68. The molecule has 4 rings (SSSR count). The van der Waals surface area contributed by atoms with Gasteiger partial charge in [-0.3, -0.25) is 14.5 Å². The fourth-order valence-electron chi connectivity index (χ4n) is 5.10. The van der Waals surface area contributed by atoms with Crippen molar-refractivity contribution in [3.8, 4) is 0 Å². The number of rotatable bonds is 5. The number of oxime groups is 1. The number of hydrogen-bond acceptors (Lipinski definition) is 7. The van der Waals surface area contributed by atoms with Crippen LogP contribution in [0.25, 0.3) is 0 Å². The Bertz CT molecular complexity index is 1100. The van der Waals surface area contributed by atoms with Crippen LogP contribution in [0.1, 0.15) is 66.8 Å². The Labute approximate surface area is 198 Å². The van der Waals surface area contributed by atoms with Crippen LogP contribution < -0.4 is 0 Å². The third-order valence-electron chi connectivity index (χ3n) is 6.38. The summed E-state index contributed by atoms with van der Waals surface area (Å²) in [6.45, 7) is 7.56. The van der Waals surface area contributed by atoms with Gasteiger partial charge in [0, 0.05) is 19.3 Å². The monoisotopic (exact) mass is 463 g/mol. The fourth-order valence-corrected chi connectivity index (χ4v) is 5.10. The molecular formula is C26H29N3O5. The third-order valence-corrected chi connectivity index (χ3v) is 6.38. The van der Waals surface area contributed by atoms with Crippen molar-refractivity contribution in [2.24, 2.45) is 5.16 Å². The van der Waals surface area contributed by atoms with Crippen LogP contribution in [-0.4, -0.2) is 55.8 Å². The van der Waals surface area contributed by atoms with Crippen LogP contribution in [0, 0.1) is 0 Å². The first-order valence-corrected chi connectivity index (χ1v) is 11.3. The first-order chi connectivity index (χ1) is 16.0. The Morgan fingerprint density at radius 2 is 1.44 bits per heavy atom. The molecule has 8 nitrogen and oxygen atoms in total. The average molecular weight is 464 g/mol. The van der Waals surface area contributed by atoms with Crippen LogP contribution in [-0.2, 0) is 16.1 Å². The summed E-state index contributed by atoms with van der Waals surface area (Å²) in [5.41, 5.74) is 0.634. The molecule has 0 radical (unpaired) electrons. The van der Waals surface area contributed by atoms with Gasteiger partial charge in [0.25, 0.3) is 11.8 Å². The molecule has 1 fully saturated rings. The van der Waals surface area contributed by atoms with Gasteiger partial charge in [-0.1, -0.05) is 47.6 Å². The number of amides is 2. The second-order valence-corrected chi connectivity index (χ2v) is 10.1. The van der Waals surface area contributed by atoms with E-state index in [-0.39, 0.29) is 17.5 Å². The number of carbonyl (C=O) groups excluding carboxylic acids is 3. The molecule has 0 aromatic heterocycles. The molecule has 2 aliphatic heterocycles. The number of piperidine rings is 1. The zero-order valence-corrected chi connectivity index (χ0v) is 19.8. The highest BCUT2D eigenvalue weighted by Gasteiger charge is 2.50. The van der Waals surface area contributed by atoms with Crippen LogP contribution >= 0.6 is 0 Å². The van der Waals surface area contributed by atoms with E-state index in [4.69, 9.17) is 4.84 Å². The normalized spacial score (nSPS) is 20.1. The van der Waals surface area contributed by atoms with Gasteiger partial charge in [-0.2, -0.15) is 0 Å². The maximum atomic E-state index is 13.7.